The van der Waals surface area contributed by atoms with Crippen LogP contribution in [0.3, 0.4) is 0 Å². The summed E-state index contributed by atoms with van der Waals surface area (Å²) in [6.07, 6.45) is 4.22. The van der Waals surface area contributed by atoms with E-state index in [1.807, 2.05) is 12.3 Å². The topological polar surface area (TPSA) is 23.6 Å². The van der Waals surface area contributed by atoms with Crippen LogP contribution in [0.1, 0.15) is 11.1 Å². The lowest BCUT2D eigenvalue weighted by atomic mass is 10.0. The van der Waals surface area contributed by atoms with Gasteiger partial charge in [-0.3, -0.25) is 4.58 Å². The molecule has 0 saturated heterocycles. The minimum absolute atomic E-state index is 0.983. The molecule has 1 aliphatic rings. The standard InChI is InChI=1S/C22H21N4/c1-16-10-11-17-15-25-12-6-9-19(25)23-21(17)20(16)22-24(2)13-14-26(22)18-7-4-3-5-8-18/h3-12,15H,13-14H2,1-2H3/q+1. The van der Waals surface area contributed by atoms with Crippen LogP contribution in [-0.2, 0) is 0 Å². The predicted octanol–water partition coefficient (Wildman–Crippen LogP) is 3.71. The van der Waals surface area contributed by atoms with Crippen molar-refractivity contribution in [1.82, 2.24) is 9.38 Å². The third-order valence-corrected chi connectivity index (χ3v) is 5.25. The molecule has 0 aliphatic carbocycles. The molecule has 0 radical (unpaired) electrons. The zero-order valence-corrected chi connectivity index (χ0v) is 15.1. The number of amidine groups is 1. The molecule has 3 heterocycles. The van der Waals surface area contributed by atoms with E-state index < -0.39 is 0 Å². The van der Waals surface area contributed by atoms with Gasteiger partial charge in [-0.2, -0.15) is 0 Å². The number of aryl methyl sites for hydroxylation is 1. The molecular formula is C22H21N4+. The third-order valence-electron chi connectivity index (χ3n) is 5.25. The van der Waals surface area contributed by atoms with Crippen LogP contribution in [0.5, 0.6) is 0 Å². The van der Waals surface area contributed by atoms with Crippen LogP contribution in [0, 0.1) is 6.92 Å². The number of anilines is 1. The van der Waals surface area contributed by atoms with Crippen molar-refractivity contribution < 1.29 is 4.58 Å². The fraction of sp³-hybridized carbons (Fsp3) is 0.182. The van der Waals surface area contributed by atoms with Crippen molar-refractivity contribution in [2.45, 2.75) is 6.92 Å². The highest BCUT2D eigenvalue weighted by molar-refractivity contribution is 6.15. The number of fused-ring (bicyclic) bond motifs is 2. The van der Waals surface area contributed by atoms with Crippen LogP contribution in [0.15, 0.2) is 67.0 Å². The van der Waals surface area contributed by atoms with Gasteiger partial charge in [0.15, 0.2) is 0 Å². The molecule has 5 rings (SSSR count). The zero-order chi connectivity index (χ0) is 17.7. The molecule has 2 aromatic carbocycles. The first-order chi connectivity index (χ1) is 12.7. The summed E-state index contributed by atoms with van der Waals surface area (Å²) in [6.45, 7) is 4.17. The van der Waals surface area contributed by atoms with Gasteiger partial charge in [0.25, 0.3) is 5.84 Å². The van der Waals surface area contributed by atoms with Gasteiger partial charge in [-0.05, 0) is 36.8 Å². The van der Waals surface area contributed by atoms with Gasteiger partial charge in [0.2, 0.25) is 0 Å². The highest BCUT2D eigenvalue weighted by atomic mass is 15.3. The molecule has 0 N–H and O–H groups in total. The molecule has 128 valence electrons. The first-order valence-electron chi connectivity index (χ1n) is 9.00. The van der Waals surface area contributed by atoms with Gasteiger partial charge in [-0.1, -0.05) is 30.3 Å². The van der Waals surface area contributed by atoms with Crippen molar-refractivity contribution in [1.29, 1.82) is 0 Å². The molecule has 4 aromatic rings. The molecule has 0 unspecified atom stereocenters. The molecule has 0 amide bonds. The summed E-state index contributed by atoms with van der Waals surface area (Å²) in [4.78, 5) is 7.40. The number of likely N-dealkylation sites (N-methyl/N-ethyl adjacent to an activating group) is 1. The number of nitrogens with zero attached hydrogens (tertiary/aromatic N) is 4. The first-order valence-corrected chi connectivity index (χ1v) is 9.00. The van der Waals surface area contributed by atoms with E-state index in [-0.39, 0.29) is 0 Å². The normalized spacial score (nSPS) is 14.8. The Morgan fingerprint density at radius 2 is 1.85 bits per heavy atom. The van der Waals surface area contributed by atoms with Crippen molar-refractivity contribution in [3.05, 3.63) is 78.1 Å². The van der Waals surface area contributed by atoms with Gasteiger partial charge < -0.3 is 4.40 Å². The van der Waals surface area contributed by atoms with Gasteiger partial charge in [0.05, 0.1) is 18.1 Å². The van der Waals surface area contributed by atoms with Gasteiger partial charge >= 0.3 is 0 Å². The number of aromatic nitrogens is 2. The Balaban J connectivity index is 1.79. The van der Waals surface area contributed by atoms with E-state index in [1.54, 1.807) is 0 Å². The minimum atomic E-state index is 0.983. The molecule has 0 atom stereocenters. The second-order valence-electron chi connectivity index (χ2n) is 6.94. The maximum Gasteiger partial charge on any atom is 0.286 e. The molecule has 1 aliphatic heterocycles. The summed E-state index contributed by atoms with van der Waals surface area (Å²) in [5, 5.41) is 1.16. The molecule has 0 bridgehead atoms. The van der Waals surface area contributed by atoms with Gasteiger partial charge in [-0.25, -0.2) is 9.88 Å². The SMILES string of the molecule is Cc1ccc2cn3cccc3nc2c1C1=[N+](C)CCN1c1ccccc1. The number of hydrogen-bond donors (Lipinski definition) is 0. The smallest absolute Gasteiger partial charge is 0.286 e. The number of para-hydroxylation sites is 1. The second kappa shape index (κ2) is 5.70. The average molecular weight is 341 g/mol. The van der Waals surface area contributed by atoms with Crippen LogP contribution in [0.4, 0.5) is 5.69 Å². The molecular weight excluding hydrogens is 320 g/mol. The van der Waals surface area contributed by atoms with Crippen LogP contribution < -0.4 is 4.90 Å². The van der Waals surface area contributed by atoms with E-state index in [9.17, 15) is 0 Å². The lowest BCUT2D eigenvalue weighted by Crippen LogP contribution is -2.30. The van der Waals surface area contributed by atoms with Gasteiger partial charge in [0.1, 0.15) is 24.4 Å². The largest absolute Gasteiger partial charge is 0.308 e. The van der Waals surface area contributed by atoms with Gasteiger partial charge in [0, 0.05) is 17.8 Å². The highest BCUT2D eigenvalue weighted by Gasteiger charge is 2.34. The molecule has 4 heteroatoms. The van der Waals surface area contributed by atoms with Crippen molar-refractivity contribution in [2.75, 3.05) is 25.0 Å². The highest BCUT2D eigenvalue weighted by Crippen LogP contribution is 2.27. The lowest BCUT2D eigenvalue weighted by Gasteiger charge is -2.16. The molecule has 0 fully saturated rings. The zero-order valence-electron chi connectivity index (χ0n) is 15.1. The summed E-state index contributed by atoms with van der Waals surface area (Å²) in [5.41, 5.74) is 5.77. The Morgan fingerprint density at radius 1 is 1.00 bits per heavy atom. The first kappa shape index (κ1) is 15.1. The summed E-state index contributed by atoms with van der Waals surface area (Å²) in [5.74, 6) is 1.24. The maximum atomic E-state index is 4.99. The van der Waals surface area contributed by atoms with E-state index in [1.165, 1.54) is 22.6 Å². The minimum Gasteiger partial charge on any atom is -0.308 e. The molecule has 26 heavy (non-hydrogen) atoms. The van der Waals surface area contributed by atoms with E-state index >= 15 is 0 Å². The van der Waals surface area contributed by atoms with E-state index in [4.69, 9.17) is 4.98 Å². The van der Waals surface area contributed by atoms with E-state index in [0.717, 1.165) is 29.6 Å². The second-order valence-corrected chi connectivity index (χ2v) is 6.94. The maximum absolute atomic E-state index is 4.99. The van der Waals surface area contributed by atoms with Crippen LogP contribution in [0.25, 0.3) is 16.6 Å². The molecule has 0 spiro atoms. The Bertz CT molecular complexity index is 1150. The number of rotatable bonds is 2. The van der Waals surface area contributed by atoms with Crippen LogP contribution >= 0.6 is 0 Å². The van der Waals surface area contributed by atoms with Crippen LogP contribution in [0.2, 0.25) is 0 Å². The van der Waals surface area contributed by atoms with Gasteiger partial charge in [-0.15, -0.1) is 0 Å². The monoisotopic (exact) mass is 341 g/mol. The fourth-order valence-corrected chi connectivity index (χ4v) is 3.92. The van der Waals surface area contributed by atoms with Crippen molar-refractivity contribution in [3.63, 3.8) is 0 Å². The fourth-order valence-electron chi connectivity index (χ4n) is 3.92. The third kappa shape index (κ3) is 2.22. The van der Waals surface area contributed by atoms with Crippen LogP contribution in [-0.4, -0.2) is 39.9 Å². The summed E-state index contributed by atoms with van der Waals surface area (Å²) < 4.78 is 4.43. The summed E-state index contributed by atoms with van der Waals surface area (Å²) in [7, 11) is 2.17. The Hall–Kier alpha value is -3.14. The van der Waals surface area contributed by atoms with Crippen molar-refractivity contribution in [2.24, 2.45) is 0 Å². The summed E-state index contributed by atoms with van der Waals surface area (Å²) in [6, 6.07) is 19.1. The number of benzene rings is 2. The van der Waals surface area contributed by atoms with E-state index in [0.29, 0.717) is 0 Å². The molecule has 2 aromatic heterocycles. The predicted molar refractivity (Wildman–Crippen MR) is 106 cm³/mol. The van der Waals surface area contributed by atoms with E-state index in [2.05, 4.69) is 82.6 Å². The average Bonchev–Trinajstić information content (AvgIpc) is 3.27. The number of hydrogen-bond acceptors (Lipinski definition) is 2. The lowest BCUT2D eigenvalue weighted by molar-refractivity contribution is -0.485. The van der Waals surface area contributed by atoms with Crippen molar-refractivity contribution in [3.8, 4) is 0 Å². The molecule has 4 nitrogen and oxygen atoms in total. The van der Waals surface area contributed by atoms with Crippen molar-refractivity contribution >= 4 is 28.1 Å². The Morgan fingerprint density at radius 3 is 2.69 bits per heavy atom. The quantitative estimate of drug-likeness (QED) is 0.519. The summed E-state index contributed by atoms with van der Waals surface area (Å²) >= 11 is 0. The Kier molecular flexibility index (Phi) is 3.32. The molecule has 0 saturated carbocycles. The Labute approximate surface area is 152 Å².